The van der Waals surface area contributed by atoms with Crippen molar-refractivity contribution in [3.8, 4) is 11.4 Å². The lowest BCUT2D eigenvalue weighted by atomic mass is 10.00. The van der Waals surface area contributed by atoms with Crippen LogP contribution in [0.5, 0.6) is 5.75 Å². The molecule has 2 fully saturated rings. The molecule has 2 aliphatic rings. The molecule has 0 aliphatic carbocycles. The molecule has 0 spiro atoms. The van der Waals surface area contributed by atoms with Crippen LogP contribution >= 0.6 is 0 Å². The highest BCUT2D eigenvalue weighted by atomic mass is 32.2. The van der Waals surface area contributed by atoms with Crippen LogP contribution in [0.1, 0.15) is 39.5 Å². The van der Waals surface area contributed by atoms with Gasteiger partial charge < -0.3 is 14.4 Å². The van der Waals surface area contributed by atoms with E-state index in [2.05, 4.69) is 0 Å². The minimum atomic E-state index is -4.68. The summed E-state index contributed by atoms with van der Waals surface area (Å²) in [5, 5.41) is 0. The second-order valence-electron chi connectivity index (χ2n) is 9.72. The maximum absolute atomic E-state index is 13.1. The molecule has 1 aromatic heterocycles. The summed E-state index contributed by atoms with van der Waals surface area (Å²) in [7, 11) is -3.35. The van der Waals surface area contributed by atoms with E-state index in [1.165, 1.54) is 46.0 Å². The van der Waals surface area contributed by atoms with Crippen LogP contribution < -0.4 is 10.3 Å². The van der Waals surface area contributed by atoms with E-state index in [1.807, 2.05) is 0 Å². The van der Waals surface area contributed by atoms with Crippen molar-refractivity contribution in [1.82, 2.24) is 9.47 Å². The number of benzene rings is 1. The number of amides is 1. The molecule has 2 bridgehead atoms. The van der Waals surface area contributed by atoms with Crippen molar-refractivity contribution in [1.29, 1.82) is 0 Å². The SMILES string of the molecule is CC(C)(OC(=O)N1C2CCC1CC(Oc1ccn(-c3ccc(S(C)(=O)=O)cc3)c(=O)c1)C2)C(F)(F)F. The van der Waals surface area contributed by atoms with Crippen molar-refractivity contribution in [3.05, 3.63) is 52.9 Å². The Hall–Kier alpha value is -3.02. The molecule has 2 saturated heterocycles. The van der Waals surface area contributed by atoms with E-state index >= 15 is 0 Å². The lowest BCUT2D eigenvalue weighted by Gasteiger charge is -2.40. The van der Waals surface area contributed by atoms with Gasteiger partial charge in [0.15, 0.2) is 9.84 Å². The first kappa shape index (κ1) is 26.1. The Kier molecular flexibility index (Phi) is 6.61. The summed E-state index contributed by atoms with van der Waals surface area (Å²) in [6, 6.07) is 8.23. The van der Waals surface area contributed by atoms with Crippen molar-refractivity contribution in [2.75, 3.05) is 6.26 Å². The molecule has 0 radical (unpaired) electrons. The third kappa shape index (κ3) is 5.23. The Morgan fingerprint density at radius 2 is 1.61 bits per heavy atom. The molecular weight excluding hydrogens is 501 g/mol. The number of ether oxygens (including phenoxy) is 2. The third-order valence-corrected chi connectivity index (χ3v) is 7.79. The molecule has 2 aromatic rings. The molecule has 196 valence electrons. The van der Waals surface area contributed by atoms with Crippen LogP contribution in [0.15, 0.2) is 52.3 Å². The lowest BCUT2D eigenvalue weighted by Crippen LogP contribution is -2.53. The molecule has 0 N–H and O–H groups in total. The van der Waals surface area contributed by atoms with Gasteiger partial charge in [-0.25, -0.2) is 13.2 Å². The summed E-state index contributed by atoms with van der Waals surface area (Å²) in [5.74, 6) is 0.336. The van der Waals surface area contributed by atoms with Crippen LogP contribution in [-0.2, 0) is 14.6 Å². The highest BCUT2D eigenvalue weighted by molar-refractivity contribution is 7.90. The zero-order chi connectivity index (χ0) is 26.5. The maximum Gasteiger partial charge on any atom is 0.427 e. The van der Waals surface area contributed by atoms with Crippen LogP contribution in [0.4, 0.5) is 18.0 Å². The zero-order valence-electron chi connectivity index (χ0n) is 20.0. The van der Waals surface area contributed by atoms with Gasteiger partial charge in [-0.05, 0) is 57.0 Å². The Bertz CT molecular complexity index is 1290. The summed E-state index contributed by atoms with van der Waals surface area (Å²) in [4.78, 5) is 26.8. The van der Waals surface area contributed by atoms with Crippen LogP contribution in [0.2, 0.25) is 0 Å². The van der Waals surface area contributed by atoms with Crippen molar-refractivity contribution in [2.45, 2.75) is 74.4 Å². The van der Waals surface area contributed by atoms with E-state index in [0.29, 0.717) is 37.1 Å². The van der Waals surface area contributed by atoms with Crippen molar-refractivity contribution in [3.63, 3.8) is 0 Å². The molecule has 2 aliphatic heterocycles. The number of pyridine rings is 1. The molecule has 0 saturated carbocycles. The minimum Gasteiger partial charge on any atom is -0.490 e. The number of hydrogen-bond donors (Lipinski definition) is 0. The predicted molar refractivity (Wildman–Crippen MR) is 124 cm³/mol. The molecule has 1 aromatic carbocycles. The number of hydrogen-bond acceptors (Lipinski definition) is 6. The van der Waals surface area contributed by atoms with Gasteiger partial charge in [0.1, 0.15) is 11.9 Å². The Morgan fingerprint density at radius 1 is 1.03 bits per heavy atom. The molecule has 2 atom stereocenters. The number of halogens is 3. The first-order chi connectivity index (χ1) is 16.7. The molecule has 1 amide bonds. The van der Waals surface area contributed by atoms with Gasteiger partial charge in [-0.1, -0.05) is 0 Å². The number of carbonyl (C=O) groups is 1. The van der Waals surface area contributed by atoms with Gasteiger partial charge in [0.2, 0.25) is 5.60 Å². The number of alkyl halides is 3. The topological polar surface area (TPSA) is 94.9 Å². The number of fused-ring (bicyclic) bond motifs is 2. The second-order valence-corrected chi connectivity index (χ2v) is 11.7. The molecule has 2 unspecified atom stereocenters. The number of aromatic nitrogens is 1. The Balaban J connectivity index is 1.42. The minimum absolute atomic E-state index is 0.145. The van der Waals surface area contributed by atoms with Crippen LogP contribution in [-0.4, -0.2) is 60.2 Å². The van der Waals surface area contributed by atoms with Gasteiger partial charge >= 0.3 is 12.3 Å². The summed E-state index contributed by atoms with van der Waals surface area (Å²) in [6.45, 7) is 1.65. The molecule has 3 heterocycles. The molecule has 4 rings (SSSR count). The van der Waals surface area contributed by atoms with Gasteiger partial charge in [-0.2, -0.15) is 13.2 Å². The van der Waals surface area contributed by atoms with E-state index in [1.54, 1.807) is 6.07 Å². The van der Waals surface area contributed by atoms with Crippen molar-refractivity contribution < 1.29 is 35.9 Å². The van der Waals surface area contributed by atoms with Gasteiger partial charge in [-0.3, -0.25) is 9.36 Å². The molecule has 36 heavy (non-hydrogen) atoms. The van der Waals surface area contributed by atoms with E-state index in [-0.39, 0.29) is 28.6 Å². The second kappa shape index (κ2) is 9.13. The van der Waals surface area contributed by atoms with Gasteiger partial charge in [-0.15, -0.1) is 0 Å². The number of carbonyl (C=O) groups excluding carboxylic acids is 1. The fourth-order valence-corrected chi connectivity index (χ4v) is 5.27. The van der Waals surface area contributed by atoms with Gasteiger partial charge in [0, 0.05) is 49.1 Å². The average molecular weight is 529 g/mol. The molecule has 12 heteroatoms. The van der Waals surface area contributed by atoms with Crippen molar-refractivity contribution in [2.24, 2.45) is 0 Å². The summed E-state index contributed by atoms with van der Waals surface area (Å²) in [5.41, 5.74) is -2.48. The highest BCUT2D eigenvalue weighted by Crippen LogP contribution is 2.40. The fourth-order valence-electron chi connectivity index (χ4n) is 4.64. The highest BCUT2D eigenvalue weighted by Gasteiger charge is 2.53. The average Bonchev–Trinajstić information content (AvgIpc) is 3.03. The largest absolute Gasteiger partial charge is 0.490 e. The Morgan fingerprint density at radius 3 is 2.11 bits per heavy atom. The monoisotopic (exact) mass is 528 g/mol. The number of nitrogens with zero attached hydrogens (tertiary/aromatic N) is 2. The summed E-state index contributed by atoms with van der Waals surface area (Å²) >= 11 is 0. The number of sulfone groups is 1. The van der Waals surface area contributed by atoms with Gasteiger partial charge in [0.25, 0.3) is 5.56 Å². The summed E-state index contributed by atoms with van der Waals surface area (Å²) < 4.78 is 74.9. The van der Waals surface area contributed by atoms with Crippen LogP contribution in [0.25, 0.3) is 5.69 Å². The van der Waals surface area contributed by atoms with Crippen molar-refractivity contribution >= 4 is 15.9 Å². The van der Waals surface area contributed by atoms with E-state index in [4.69, 9.17) is 9.47 Å². The fraction of sp³-hybridized carbons (Fsp3) is 0.500. The maximum atomic E-state index is 13.1. The standard InChI is InChI=1S/C24H27F3N2O6S/c1-23(2,24(25,26)27)35-22(31)29-16-4-5-17(29)13-19(12-16)34-18-10-11-28(21(30)14-18)15-6-8-20(9-7-15)36(3,32)33/h6-11,14,16-17,19H,4-5,12-13H2,1-3H3. The number of rotatable bonds is 5. The van der Waals surface area contributed by atoms with Crippen LogP contribution in [0, 0.1) is 0 Å². The van der Waals surface area contributed by atoms with E-state index < -0.39 is 27.7 Å². The number of piperidine rings is 1. The zero-order valence-corrected chi connectivity index (χ0v) is 20.8. The smallest absolute Gasteiger partial charge is 0.427 e. The quantitative estimate of drug-likeness (QED) is 0.580. The Labute approximate surface area is 206 Å². The summed E-state index contributed by atoms with van der Waals surface area (Å²) in [6.07, 6.45) is -1.26. The van der Waals surface area contributed by atoms with Crippen LogP contribution in [0.3, 0.4) is 0 Å². The van der Waals surface area contributed by atoms with E-state index in [9.17, 15) is 31.2 Å². The van der Waals surface area contributed by atoms with Gasteiger partial charge in [0.05, 0.1) is 4.90 Å². The molecular formula is C24H27F3N2O6S. The predicted octanol–water partition coefficient (Wildman–Crippen LogP) is 4.09. The van der Waals surface area contributed by atoms with E-state index in [0.717, 1.165) is 20.1 Å². The third-order valence-electron chi connectivity index (χ3n) is 6.66. The lowest BCUT2D eigenvalue weighted by molar-refractivity contribution is -0.247. The first-order valence-corrected chi connectivity index (χ1v) is 13.3. The molecule has 8 nitrogen and oxygen atoms in total. The first-order valence-electron chi connectivity index (χ1n) is 11.4. The normalized spacial score (nSPS) is 22.4.